The molecule has 4 rings (SSSR count). The van der Waals surface area contributed by atoms with E-state index in [1.165, 1.54) is 57.4 Å². The van der Waals surface area contributed by atoms with Crippen molar-refractivity contribution in [1.29, 1.82) is 0 Å². The van der Waals surface area contributed by atoms with Crippen LogP contribution in [0.25, 0.3) is 11.1 Å². The summed E-state index contributed by atoms with van der Waals surface area (Å²) in [5.74, 6) is -2.23. The Hall–Kier alpha value is -2.04. The van der Waals surface area contributed by atoms with Gasteiger partial charge >= 0.3 is 6.11 Å². The molecule has 0 amide bonds. The van der Waals surface area contributed by atoms with Gasteiger partial charge in [-0.2, -0.15) is 13.2 Å². The topological polar surface area (TPSA) is 9.23 Å². The highest BCUT2D eigenvalue weighted by atomic mass is 19.3. The maximum atomic E-state index is 15.1. The van der Waals surface area contributed by atoms with E-state index < -0.39 is 29.4 Å². The average Bonchev–Trinajstić information content (AvgIpc) is 2.93. The van der Waals surface area contributed by atoms with Crippen LogP contribution in [0.2, 0.25) is 0 Å². The van der Waals surface area contributed by atoms with Crippen molar-refractivity contribution in [3.63, 3.8) is 0 Å². The minimum absolute atomic E-state index is 0.0433. The van der Waals surface area contributed by atoms with E-state index in [0.29, 0.717) is 30.2 Å². The lowest BCUT2D eigenvalue weighted by Gasteiger charge is -2.39. The number of ether oxygens (including phenoxy) is 1. The Kier molecular flexibility index (Phi) is 10.2. The number of alkyl halides is 2. The number of hydrogen-bond donors (Lipinski definition) is 0. The number of halogens is 4. The Bertz CT molecular complexity index is 1000. The molecule has 2 aromatic carbocycles. The lowest BCUT2D eigenvalue weighted by atomic mass is 9.68. The summed E-state index contributed by atoms with van der Waals surface area (Å²) in [5.41, 5.74) is 1.66. The van der Waals surface area contributed by atoms with E-state index in [1.54, 1.807) is 12.1 Å². The molecular weight excluding hydrogens is 488 g/mol. The van der Waals surface area contributed by atoms with Gasteiger partial charge in [0.15, 0.2) is 11.6 Å². The molecule has 1 nitrogen and oxygen atoms in total. The molecule has 0 atom stereocenters. The molecule has 2 saturated carbocycles. The zero-order valence-electron chi connectivity index (χ0n) is 23.1. The van der Waals surface area contributed by atoms with Crippen molar-refractivity contribution in [3.8, 4) is 16.9 Å². The van der Waals surface area contributed by atoms with Gasteiger partial charge in [-0.05, 0) is 86.0 Å². The molecule has 0 N–H and O–H groups in total. The van der Waals surface area contributed by atoms with Gasteiger partial charge in [-0.1, -0.05) is 83.1 Å². The van der Waals surface area contributed by atoms with E-state index in [0.717, 1.165) is 43.2 Å². The Labute approximate surface area is 226 Å². The molecule has 0 unspecified atom stereocenters. The number of unbranched alkanes of at least 4 members (excludes halogenated alkanes) is 2. The van der Waals surface area contributed by atoms with Gasteiger partial charge in [0.1, 0.15) is 0 Å². The molecule has 38 heavy (non-hydrogen) atoms. The third kappa shape index (κ3) is 7.12. The fraction of sp³-hybridized carbons (Fsp3) is 0.636. The molecule has 0 spiro atoms. The summed E-state index contributed by atoms with van der Waals surface area (Å²) in [5, 5.41) is 0. The third-order valence-corrected chi connectivity index (χ3v) is 9.12. The normalized spacial score (nSPS) is 24.4. The summed E-state index contributed by atoms with van der Waals surface area (Å²) in [4.78, 5) is 0. The zero-order chi connectivity index (χ0) is 27.1. The molecular formula is C33H44F4O. The Balaban J connectivity index is 1.31. The molecule has 2 fully saturated rings. The second-order valence-electron chi connectivity index (χ2n) is 11.7. The minimum atomic E-state index is -3.53. The summed E-state index contributed by atoms with van der Waals surface area (Å²) < 4.78 is 64.8. The molecule has 2 aliphatic carbocycles. The van der Waals surface area contributed by atoms with Crippen LogP contribution in [0.5, 0.6) is 5.75 Å². The van der Waals surface area contributed by atoms with E-state index in [9.17, 15) is 8.78 Å². The van der Waals surface area contributed by atoms with Gasteiger partial charge in [0, 0.05) is 5.56 Å². The van der Waals surface area contributed by atoms with Crippen LogP contribution in [-0.4, -0.2) is 6.11 Å². The highest BCUT2D eigenvalue weighted by molar-refractivity contribution is 5.65. The summed E-state index contributed by atoms with van der Waals surface area (Å²) in [6.45, 7) is 4.31. The van der Waals surface area contributed by atoms with E-state index in [-0.39, 0.29) is 5.56 Å². The maximum absolute atomic E-state index is 15.1. The standard InChI is InChI=1S/C33H44F4O/c1-3-5-6-8-24-9-13-25(14-10-24)26-17-19-28(20-18-26)33(36,37)38-30-22-21-29(31(34)32(30)35)27-15-11-23(7-4-2)12-16-27/h11-12,15-16,21-22,24-26,28H,3-10,13-14,17-20H2,1-2H3/t24-,25-,26?,28?. The predicted octanol–water partition coefficient (Wildman–Crippen LogP) is 10.7. The van der Waals surface area contributed by atoms with E-state index in [2.05, 4.69) is 13.8 Å². The maximum Gasteiger partial charge on any atom is 0.400 e. The van der Waals surface area contributed by atoms with Gasteiger partial charge < -0.3 is 4.74 Å². The van der Waals surface area contributed by atoms with Crippen molar-refractivity contribution < 1.29 is 22.3 Å². The molecule has 0 heterocycles. The van der Waals surface area contributed by atoms with Gasteiger partial charge in [0.2, 0.25) is 5.82 Å². The fourth-order valence-corrected chi connectivity index (χ4v) is 6.76. The number of hydrogen-bond acceptors (Lipinski definition) is 1. The van der Waals surface area contributed by atoms with Crippen molar-refractivity contribution in [3.05, 3.63) is 53.6 Å². The molecule has 210 valence electrons. The first-order valence-corrected chi connectivity index (χ1v) is 15.0. The Morgan fingerprint density at radius 3 is 1.97 bits per heavy atom. The van der Waals surface area contributed by atoms with Crippen LogP contribution in [0.3, 0.4) is 0 Å². The quantitative estimate of drug-likeness (QED) is 0.207. The molecule has 0 aliphatic heterocycles. The summed E-state index contributed by atoms with van der Waals surface area (Å²) in [6.07, 6.45) is 10.8. The lowest BCUT2D eigenvalue weighted by molar-refractivity contribution is -0.225. The molecule has 0 saturated heterocycles. The first-order chi connectivity index (χ1) is 18.3. The number of benzene rings is 2. The predicted molar refractivity (Wildman–Crippen MR) is 146 cm³/mol. The highest BCUT2D eigenvalue weighted by Gasteiger charge is 2.45. The molecule has 2 aliphatic rings. The van der Waals surface area contributed by atoms with Gasteiger partial charge in [-0.25, -0.2) is 4.39 Å². The van der Waals surface area contributed by atoms with Crippen LogP contribution in [0.4, 0.5) is 17.6 Å². The van der Waals surface area contributed by atoms with Crippen molar-refractivity contribution in [2.75, 3.05) is 0 Å². The van der Waals surface area contributed by atoms with Crippen LogP contribution in [-0.2, 0) is 6.42 Å². The van der Waals surface area contributed by atoms with Crippen LogP contribution < -0.4 is 4.74 Å². The first kappa shape index (κ1) is 29.0. The summed E-state index contributed by atoms with van der Waals surface area (Å²) in [7, 11) is 0. The van der Waals surface area contributed by atoms with Crippen molar-refractivity contribution in [2.45, 2.75) is 110 Å². The van der Waals surface area contributed by atoms with Gasteiger partial charge in [0.05, 0.1) is 5.92 Å². The van der Waals surface area contributed by atoms with Crippen molar-refractivity contribution >= 4 is 0 Å². The van der Waals surface area contributed by atoms with E-state index in [1.807, 2.05) is 12.1 Å². The van der Waals surface area contributed by atoms with Crippen LogP contribution in [0.15, 0.2) is 36.4 Å². The zero-order valence-corrected chi connectivity index (χ0v) is 23.1. The molecule has 0 bridgehead atoms. The SMILES string of the molecule is CCCCC[C@H]1CC[C@H](C2CCC(C(F)(F)Oc3ccc(-c4ccc(CCC)cc4)c(F)c3F)CC2)CC1. The molecule has 0 aromatic heterocycles. The van der Waals surface area contributed by atoms with Crippen molar-refractivity contribution in [1.82, 2.24) is 0 Å². The Morgan fingerprint density at radius 2 is 1.37 bits per heavy atom. The summed E-state index contributed by atoms with van der Waals surface area (Å²) in [6, 6.07) is 9.68. The molecule has 5 heteroatoms. The van der Waals surface area contributed by atoms with Crippen molar-refractivity contribution in [2.24, 2.45) is 23.7 Å². The lowest BCUT2D eigenvalue weighted by Crippen LogP contribution is -2.38. The van der Waals surface area contributed by atoms with Gasteiger partial charge in [-0.3, -0.25) is 0 Å². The molecule has 2 aromatic rings. The van der Waals surface area contributed by atoms with E-state index >= 15 is 8.78 Å². The Morgan fingerprint density at radius 1 is 0.737 bits per heavy atom. The number of rotatable bonds is 11. The fourth-order valence-electron chi connectivity index (χ4n) is 6.76. The van der Waals surface area contributed by atoms with Gasteiger partial charge in [-0.15, -0.1) is 0 Å². The minimum Gasteiger partial charge on any atom is -0.429 e. The van der Waals surface area contributed by atoms with Gasteiger partial charge in [0.25, 0.3) is 0 Å². The van der Waals surface area contributed by atoms with E-state index in [4.69, 9.17) is 4.74 Å². The first-order valence-electron chi connectivity index (χ1n) is 15.0. The highest BCUT2D eigenvalue weighted by Crippen LogP contribution is 2.46. The molecule has 0 radical (unpaired) electrons. The second-order valence-corrected chi connectivity index (χ2v) is 11.7. The van der Waals surface area contributed by atoms with Crippen LogP contribution in [0, 0.1) is 35.3 Å². The number of aryl methyl sites for hydroxylation is 1. The average molecular weight is 533 g/mol. The van der Waals surface area contributed by atoms with Crippen LogP contribution >= 0.6 is 0 Å². The largest absolute Gasteiger partial charge is 0.429 e. The summed E-state index contributed by atoms with van der Waals surface area (Å²) >= 11 is 0. The monoisotopic (exact) mass is 532 g/mol. The van der Waals surface area contributed by atoms with Crippen LogP contribution in [0.1, 0.15) is 103 Å². The third-order valence-electron chi connectivity index (χ3n) is 9.12. The second kappa shape index (κ2) is 13.3. The smallest absolute Gasteiger partial charge is 0.400 e.